The molecule has 41 unspecified atom stereocenters. The summed E-state index contributed by atoms with van der Waals surface area (Å²) in [4.78, 5) is 0. The van der Waals surface area contributed by atoms with Gasteiger partial charge in [-0.25, -0.2) is 0 Å². The first-order valence-electron chi connectivity index (χ1n) is 34.7. The van der Waals surface area contributed by atoms with E-state index in [0.717, 1.165) is 38.5 Å². The van der Waals surface area contributed by atoms with E-state index < -0.39 is 223 Å². The number of hydrogen-bond acceptors (Lipinski definition) is 32. The predicted molar refractivity (Wildman–Crippen MR) is 323 cm³/mol. The number of hydrogen-bond donors (Lipinski definition) is 18. The van der Waals surface area contributed by atoms with E-state index in [1.165, 1.54) is 19.4 Å². The fourth-order valence-corrected chi connectivity index (χ4v) is 18.4. The Balaban J connectivity index is 0.732. The van der Waals surface area contributed by atoms with Gasteiger partial charge in [-0.3, -0.25) is 0 Å². The molecule has 7 aliphatic heterocycles. The Kier molecular flexibility index (Phi) is 24.4. The third kappa shape index (κ3) is 14.4. The molecule has 0 amide bonds. The van der Waals surface area contributed by atoms with Crippen molar-refractivity contribution in [2.24, 2.45) is 46.3 Å². The first-order chi connectivity index (χ1) is 45.9. The van der Waals surface area contributed by atoms with Crippen molar-refractivity contribution in [1.82, 2.24) is 0 Å². The number of ether oxygens (including phenoxy) is 14. The van der Waals surface area contributed by atoms with Gasteiger partial charge in [-0.1, -0.05) is 39.3 Å². The molecule has 0 aromatic heterocycles. The van der Waals surface area contributed by atoms with E-state index in [-0.39, 0.29) is 41.3 Å². The van der Waals surface area contributed by atoms with Crippen LogP contribution < -0.4 is 0 Å². The van der Waals surface area contributed by atoms with Gasteiger partial charge in [-0.05, 0) is 112 Å². The Hall–Kier alpha value is -1.54. The van der Waals surface area contributed by atoms with E-state index in [0.29, 0.717) is 43.4 Å². The highest BCUT2D eigenvalue weighted by Crippen LogP contribution is 2.69. The van der Waals surface area contributed by atoms with Gasteiger partial charge in [0.25, 0.3) is 0 Å². The highest BCUT2D eigenvalue weighted by Gasteiger charge is 2.67. The second-order valence-electron chi connectivity index (χ2n) is 30.0. The summed E-state index contributed by atoms with van der Waals surface area (Å²) in [5.74, 6) is 0.189. The van der Waals surface area contributed by atoms with Crippen molar-refractivity contribution < 1.29 is 158 Å². The monoisotopic (exact) mass is 1400 g/mol. The van der Waals surface area contributed by atoms with Crippen LogP contribution in [0.25, 0.3) is 0 Å². The summed E-state index contributed by atoms with van der Waals surface area (Å²) in [6.07, 6.45) is -38.7. The van der Waals surface area contributed by atoms with E-state index in [2.05, 4.69) is 26.8 Å². The van der Waals surface area contributed by atoms with Crippen LogP contribution in [0.2, 0.25) is 0 Å². The molecule has 32 heteroatoms. The van der Waals surface area contributed by atoms with Crippen LogP contribution in [0.4, 0.5) is 0 Å². The fourth-order valence-electron chi connectivity index (χ4n) is 18.4. The molecule has 0 aromatic rings. The van der Waals surface area contributed by atoms with Crippen molar-refractivity contribution in [3.8, 4) is 0 Å². The molecule has 7 saturated heterocycles. The SMILES string of the molecule is COC1(CCC(C)COC2OC(COC3OC(CO)C(O)C(O)C3O)C(O)C(O)C2O)OC2CCC3C4CC=C5CC(OC6OC(CO)C(O)C(OC7OC(C)C(OC8OC(CO)C(O)C(O)C8O)C(O)C7O)C6OC6OC(C)C(O)C(O)C6O)CCC5(C)C4CCC3(C)C2C1C. The molecule has 0 aromatic carbocycles. The lowest BCUT2D eigenvalue weighted by atomic mass is 9.42. The van der Waals surface area contributed by atoms with E-state index >= 15 is 0 Å². The number of methoxy groups -OCH3 is 1. The summed E-state index contributed by atoms with van der Waals surface area (Å²) >= 11 is 0. The number of aliphatic hydroxyl groups is 18. The zero-order valence-corrected chi connectivity index (χ0v) is 55.9. The van der Waals surface area contributed by atoms with E-state index in [1.54, 1.807) is 7.11 Å². The van der Waals surface area contributed by atoms with E-state index in [9.17, 15) is 91.9 Å². The molecular formula is C65H108O32. The largest absolute Gasteiger partial charge is 0.394 e. The summed E-state index contributed by atoms with van der Waals surface area (Å²) in [5.41, 5.74) is 0.909. The zero-order chi connectivity index (χ0) is 70.2. The maximum absolute atomic E-state index is 12.0. The van der Waals surface area contributed by atoms with Crippen molar-refractivity contribution in [1.29, 1.82) is 0 Å². The first-order valence-corrected chi connectivity index (χ1v) is 34.7. The highest BCUT2D eigenvalue weighted by molar-refractivity contribution is 5.26. The van der Waals surface area contributed by atoms with Crippen LogP contribution in [0.1, 0.15) is 106 Å². The minimum absolute atomic E-state index is 0.00251. The molecule has 560 valence electrons. The van der Waals surface area contributed by atoms with Crippen molar-refractivity contribution in [2.45, 2.75) is 308 Å². The minimum Gasteiger partial charge on any atom is -0.394 e. The molecule has 97 heavy (non-hydrogen) atoms. The van der Waals surface area contributed by atoms with Crippen LogP contribution in [-0.4, -0.2) is 334 Å². The Labute approximate surface area is 562 Å². The van der Waals surface area contributed by atoms with Crippen molar-refractivity contribution in [2.75, 3.05) is 40.1 Å². The van der Waals surface area contributed by atoms with E-state index in [4.69, 9.17) is 66.3 Å². The van der Waals surface area contributed by atoms with Gasteiger partial charge in [-0.15, -0.1) is 0 Å². The molecule has 0 spiro atoms. The molecule has 11 aliphatic rings. The van der Waals surface area contributed by atoms with Crippen molar-refractivity contribution >= 4 is 0 Å². The maximum Gasteiger partial charge on any atom is 0.187 e. The molecule has 32 nitrogen and oxygen atoms in total. The van der Waals surface area contributed by atoms with Gasteiger partial charge in [0.15, 0.2) is 43.5 Å². The standard InChI is InChI=1S/C65H108O32/c1-24(22-85-57-50(80)47(77)42(72)37(93-57)23-86-58-49(79)45(75)40(70)34(19-66)90-58)12-17-65(84-7)25(2)38-33(97-65)11-10-31-30-9-8-28-18-29(13-15-63(28,5)32(30)14-16-64(31,38)6)89-62-56(96-59-51(81)44(74)39(69)26(3)87-59)55(43(73)36(21-68)92-62)95-60-53(83)48(78)54(27(4)88-60)94-61-52(82)46(76)41(71)35(20-67)91-61/h8,24-27,29-62,66-83H,9-23H2,1-7H3. The fraction of sp³-hybridized carbons (Fsp3) is 0.969. The second-order valence-corrected chi connectivity index (χ2v) is 30.0. The Bertz CT molecular complexity index is 2580. The van der Waals surface area contributed by atoms with Gasteiger partial charge in [0, 0.05) is 19.4 Å². The summed E-state index contributed by atoms with van der Waals surface area (Å²) in [5, 5.41) is 193. The van der Waals surface area contributed by atoms with Crippen LogP contribution in [0.5, 0.6) is 0 Å². The van der Waals surface area contributed by atoms with Crippen LogP contribution >= 0.6 is 0 Å². The quantitative estimate of drug-likeness (QED) is 0.0477. The molecule has 10 fully saturated rings. The normalized spacial score (nSPS) is 54.4. The summed E-state index contributed by atoms with van der Waals surface area (Å²) in [6, 6.07) is 0. The van der Waals surface area contributed by atoms with Gasteiger partial charge >= 0.3 is 0 Å². The van der Waals surface area contributed by atoms with Gasteiger partial charge in [-0.2, -0.15) is 0 Å². The third-order valence-corrected chi connectivity index (χ3v) is 24.3. The summed E-state index contributed by atoms with van der Waals surface area (Å²) in [6.45, 7) is 9.25. The number of fused-ring (bicyclic) bond motifs is 7. The van der Waals surface area contributed by atoms with Crippen molar-refractivity contribution in [3.05, 3.63) is 11.6 Å². The lowest BCUT2D eigenvalue weighted by molar-refractivity contribution is -0.398. The van der Waals surface area contributed by atoms with Gasteiger partial charge in [0.2, 0.25) is 0 Å². The van der Waals surface area contributed by atoms with Crippen LogP contribution in [0.3, 0.4) is 0 Å². The Morgan fingerprint density at radius 1 is 0.495 bits per heavy atom. The topological polar surface area (TPSA) is 493 Å². The van der Waals surface area contributed by atoms with E-state index in [1.807, 2.05) is 6.92 Å². The average molecular weight is 1400 g/mol. The smallest absolute Gasteiger partial charge is 0.187 e. The minimum atomic E-state index is -1.97. The molecule has 11 rings (SSSR count). The summed E-state index contributed by atoms with van der Waals surface area (Å²) in [7, 11) is 1.68. The first kappa shape index (κ1) is 76.6. The number of allylic oxidation sites excluding steroid dienone is 1. The van der Waals surface area contributed by atoms with Gasteiger partial charge in [0.1, 0.15) is 134 Å². The Morgan fingerprint density at radius 3 is 1.64 bits per heavy atom. The second kappa shape index (κ2) is 30.9. The van der Waals surface area contributed by atoms with Gasteiger partial charge < -0.3 is 158 Å². The lowest BCUT2D eigenvalue weighted by Crippen LogP contribution is -2.67. The molecule has 0 radical (unpaired) electrons. The van der Waals surface area contributed by atoms with Gasteiger partial charge in [0.05, 0.1) is 57.5 Å². The summed E-state index contributed by atoms with van der Waals surface area (Å²) < 4.78 is 85.6. The maximum atomic E-state index is 12.0. The predicted octanol–water partition coefficient (Wildman–Crippen LogP) is -5.29. The van der Waals surface area contributed by atoms with Crippen LogP contribution in [0.15, 0.2) is 11.6 Å². The third-order valence-electron chi connectivity index (χ3n) is 24.3. The molecule has 3 saturated carbocycles. The van der Waals surface area contributed by atoms with Crippen LogP contribution in [-0.2, 0) is 66.3 Å². The molecule has 41 atom stereocenters. The van der Waals surface area contributed by atoms with Crippen molar-refractivity contribution in [3.63, 3.8) is 0 Å². The molecule has 4 aliphatic carbocycles. The van der Waals surface area contributed by atoms with Crippen LogP contribution in [0, 0.1) is 46.3 Å². The molecule has 0 bridgehead atoms. The Morgan fingerprint density at radius 2 is 1.01 bits per heavy atom. The molecule has 18 N–H and O–H groups in total. The number of rotatable bonds is 21. The highest BCUT2D eigenvalue weighted by atomic mass is 16.8. The number of aliphatic hydroxyl groups excluding tert-OH is 18. The lowest BCUT2D eigenvalue weighted by Gasteiger charge is -2.62. The average Bonchev–Trinajstić information content (AvgIpc) is 1.69. The molecular weight excluding hydrogens is 1290 g/mol. The zero-order valence-electron chi connectivity index (χ0n) is 55.9. The molecule has 7 heterocycles.